The maximum absolute atomic E-state index is 12.4. The Balaban J connectivity index is 0.000000162. The molecule has 0 amide bonds. The highest BCUT2D eigenvalue weighted by atomic mass is 35.5. The smallest absolute Gasteiger partial charge is 0.142 e. The highest BCUT2D eigenvalue weighted by Crippen LogP contribution is 2.22. The quantitative estimate of drug-likeness (QED) is 0.587. The van der Waals surface area contributed by atoms with Crippen molar-refractivity contribution in [3.05, 3.63) is 34.6 Å². The van der Waals surface area contributed by atoms with Crippen LogP contribution in [-0.4, -0.2) is 0 Å². The van der Waals surface area contributed by atoms with Gasteiger partial charge in [-0.15, -0.1) is 0 Å². The fraction of sp³-hybridized carbons (Fsp3) is 0.538. The Labute approximate surface area is 96.5 Å². The number of rotatable bonds is 0. The van der Waals surface area contributed by atoms with E-state index in [1.54, 1.807) is 12.1 Å². The van der Waals surface area contributed by atoms with E-state index < -0.39 is 0 Å². The number of hydrogen-bond donors (Lipinski definition) is 0. The SMILES string of the molecule is CC1CCCC1.Cc1ccc(Cl)c(F)c1. The first-order chi connectivity index (χ1) is 7.09. The number of aryl methyl sites for hydroxylation is 1. The van der Waals surface area contributed by atoms with Crippen LogP contribution >= 0.6 is 11.6 Å². The minimum absolute atomic E-state index is 0.181. The summed E-state index contributed by atoms with van der Waals surface area (Å²) < 4.78 is 12.4. The van der Waals surface area contributed by atoms with Crippen molar-refractivity contribution in [1.82, 2.24) is 0 Å². The van der Waals surface area contributed by atoms with Crippen LogP contribution < -0.4 is 0 Å². The topological polar surface area (TPSA) is 0 Å². The van der Waals surface area contributed by atoms with Crippen LogP contribution in [0, 0.1) is 18.7 Å². The molecule has 2 heteroatoms. The van der Waals surface area contributed by atoms with Crippen LogP contribution in [0.2, 0.25) is 5.02 Å². The van der Waals surface area contributed by atoms with Gasteiger partial charge in [0.25, 0.3) is 0 Å². The second kappa shape index (κ2) is 6.12. The van der Waals surface area contributed by atoms with Gasteiger partial charge >= 0.3 is 0 Å². The van der Waals surface area contributed by atoms with Crippen molar-refractivity contribution in [2.75, 3.05) is 0 Å². The van der Waals surface area contributed by atoms with E-state index in [-0.39, 0.29) is 10.8 Å². The Morgan fingerprint density at radius 3 is 2.20 bits per heavy atom. The maximum Gasteiger partial charge on any atom is 0.142 e. The van der Waals surface area contributed by atoms with Crippen LogP contribution in [0.25, 0.3) is 0 Å². The standard InChI is InChI=1S/C7H6ClF.C6H12/c1-5-2-3-6(8)7(9)4-5;1-6-4-2-3-5-6/h2-4H,1H3;6H,2-5H2,1H3. The molecule has 15 heavy (non-hydrogen) atoms. The van der Waals surface area contributed by atoms with Gasteiger partial charge in [0, 0.05) is 0 Å². The zero-order chi connectivity index (χ0) is 11.3. The fourth-order valence-corrected chi connectivity index (χ4v) is 1.85. The third-order valence-electron chi connectivity index (χ3n) is 2.72. The molecule has 0 aromatic heterocycles. The van der Waals surface area contributed by atoms with Crippen molar-refractivity contribution < 1.29 is 4.39 Å². The molecule has 0 unspecified atom stereocenters. The fourth-order valence-electron chi connectivity index (χ4n) is 1.73. The van der Waals surface area contributed by atoms with Gasteiger partial charge in [-0.1, -0.05) is 50.3 Å². The van der Waals surface area contributed by atoms with Gasteiger partial charge < -0.3 is 0 Å². The van der Waals surface area contributed by atoms with Crippen LogP contribution in [0.15, 0.2) is 18.2 Å². The zero-order valence-corrected chi connectivity index (χ0v) is 10.1. The van der Waals surface area contributed by atoms with E-state index in [1.807, 2.05) is 6.92 Å². The summed E-state index contributed by atoms with van der Waals surface area (Å²) in [6.45, 7) is 4.16. The van der Waals surface area contributed by atoms with Crippen molar-refractivity contribution in [1.29, 1.82) is 0 Å². The highest BCUT2D eigenvalue weighted by Gasteiger charge is 2.07. The second-order valence-electron chi connectivity index (χ2n) is 4.31. The average molecular weight is 229 g/mol. The summed E-state index contributed by atoms with van der Waals surface area (Å²) in [6, 6.07) is 4.72. The van der Waals surface area contributed by atoms with E-state index in [2.05, 4.69) is 6.92 Å². The van der Waals surface area contributed by atoms with Gasteiger partial charge in [-0.05, 0) is 30.5 Å². The van der Waals surface area contributed by atoms with Gasteiger partial charge in [0.1, 0.15) is 5.82 Å². The van der Waals surface area contributed by atoms with E-state index >= 15 is 0 Å². The lowest BCUT2D eigenvalue weighted by molar-refractivity contribution is 0.612. The van der Waals surface area contributed by atoms with E-state index in [1.165, 1.54) is 31.7 Å². The first-order valence-electron chi connectivity index (χ1n) is 5.51. The monoisotopic (exact) mass is 228 g/mol. The molecule has 1 fully saturated rings. The van der Waals surface area contributed by atoms with E-state index in [0.29, 0.717) is 0 Å². The normalized spacial score (nSPS) is 16.0. The third-order valence-corrected chi connectivity index (χ3v) is 3.03. The largest absolute Gasteiger partial charge is 0.205 e. The summed E-state index contributed by atoms with van der Waals surface area (Å²) >= 11 is 5.41. The molecule has 2 rings (SSSR count). The summed E-state index contributed by atoms with van der Waals surface area (Å²) in [4.78, 5) is 0. The van der Waals surface area contributed by atoms with Gasteiger partial charge in [-0.25, -0.2) is 4.39 Å². The molecule has 0 spiro atoms. The molecule has 1 aromatic rings. The van der Waals surface area contributed by atoms with Crippen LogP contribution in [-0.2, 0) is 0 Å². The molecule has 0 aliphatic heterocycles. The zero-order valence-electron chi connectivity index (χ0n) is 9.39. The molecule has 0 nitrogen and oxygen atoms in total. The molecule has 0 radical (unpaired) electrons. The molecular weight excluding hydrogens is 211 g/mol. The Morgan fingerprint density at radius 2 is 1.87 bits per heavy atom. The lowest BCUT2D eigenvalue weighted by Crippen LogP contribution is -1.78. The van der Waals surface area contributed by atoms with Gasteiger partial charge in [0.05, 0.1) is 5.02 Å². The van der Waals surface area contributed by atoms with E-state index in [4.69, 9.17) is 11.6 Å². The summed E-state index contributed by atoms with van der Waals surface area (Å²) in [5.74, 6) is 0.696. The number of hydrogen-bond acceptors (Lipinski definition) is 0. The Hall–Kier alpha value is -0.560. The molecule has 0 saturated heterocycles. The van der Waals surface area contributed by atoms with E-state index in [0.717, 1.165) is 11.5 Å². The van der Waals surface area contributed by atoms with Crippen molar-refractivity contribution in [2.45, 2.75) is 39.5 Å². The van der Waals surface area contributed by atoms with Gasteiger partial charge in [-0.2, -0.15) is 0 Å². The van der Waals surface area contributed by atoms with Crippen LogP contribution in [0.1, 0.15) is 38.2 Å². The van der Waals surface area contributed by atoms with Crippen LogP contribution in [0.3, 0.4) is 0 Å². The highest BCUT2D eigenvalue weighted by molar-refractivity contribution is 6.30. The van der Waals surface area contributed by atoms with Crippen LogP contribution in [0.4, 0.5) is 4.39 Å². The van der Waals surface area contributed by atoms with Gasteiger partial charge in [0.2, 0.25) is 0 Å². The number of halogens is 2. The predicted molar refractivity (Wildman–Crippen MR) is 63.8 cm³/mol. The third kappa shape index (κ3) is 4.65. The van der Waals surface area contributed by atoms with E-state index in [9.17, 15) is 4.39 Å². The van der Waals surface area contributed by atoms with Crippen molar-refractivity contribution >= 4 is 11.6 Å². The lowest BCUT2D eigenvalue weighted by Gasteiger charge is -1.92. The lowest BCUT2D eigenvalue weighted by atomic mass is 10.2. The van der Waals surface area contributed by atoms with Crippen LogP contribution in [0.5, 0.6) is 0 Å². The Bertz CT molecular complexity index is 303. The van der Waals surface area contributed by atoms with Crippen molar-refractivity contribution in [3.63, 3.8) is 0 Å². The molecule has 0 bridgehead atoms. The van der Waals surface area contributed by atoms with Crippen molar-refractivity contribution in [3.8, 4) is 0 Å². The molecule has 1 aromatic carbocycles. The molecule has 0 atom stereocenters. The van der Waals surface area contributed by atoms with Crippen molar-refractivity contribution in [2.24, 2.45) is 5.92 Å². The first kappa shape index (κ1) is 12.5. The molecular formula is C13H18ClF. The Morgan fingerprint density at radius 1 is 1.27 bits per heavy atom. The second-order valence-corrected chi connectivity index (χ2v) is 4.71. The summed E-state index contributed by atoms with van der Waals surface area (Å²) in [6.07, 6.45) is 5.95. The average Bonchev–Trinajstić information content (AvgIpc) is 2.64. The summed E-state index contributed by atoms with van der Waals surface area (Å²) in [7, 11) is 0. The number of benzene rings is 1. The molecule has 1 saturated carbocycles. The molecule has 0 heterocycles. The molecule has 84 valence electrons. The molecule has 1 aliphatic carbocycles. The molecule has 0 N–H and O–H groups in total. The van der Waals surface area contributed by atoms with Gasteiger partial charge in [0.15, 0.2) is 0 Å². The predicted octanol–water partition coefficient (Wildman–Crippen LogP) is 4.98. The summed E-state index contributed by atoms with van der Waals surface area (Å²) in [5.41, 5.74) is 0.886. The summed E-state index contributed by atoms with van der Waals surface area (Å²) in [5, 5.41) is 0.181. The maximum atomic E-state index is 12.4. The van der Waals surface area contributed by atoms with Gasteiger partial charge in [-0.3, -0.25) is 0 Å². The Kier molecular flexibility index (Phi) is 5.10. The minimum atomic E-state index is -0.350. The molecule has 1 aliphatic rings. The minimum Gasteiger partial charge on any atom is -0.205 e. The first-order valence-corrected chi connectivity index (χ1v) is 5.89.